The first-order valence-corrected chi connectivity index (χ1v) is 6.76. The standard InChI is InChI=1S/C15H17N5/c1-3-13-11(2)19-15-17-10-18-20(15)14(13)16-9-12-7-5-4-6-8-12/h4-8,10,16H,3,9H2,1-2H3. The second-order valence-electron chi connectivity index (χ2n) is 4.69. The van der Waals surface area contributed by atoms with Gasteiger partial charge in [0.2, 0.25) is 0 Å². The third-order valence-corrected chi connectivity index (χ3v) is 3.39. The van der Waals surface area contributed by atoms with Crippen molar-refractivity contribution in [1.82, 2.24) is 19.6 Å². The molecule has 0 unspecified atom stereocenters. The van der Waals surface area contributed by atoms with Crippen LogP contribution in [0.25, 0.3) is 5.78 Å². The van der Waals surface area contributed by atoms with Crippen molar-refractivity contribution in [2.24, 2.45) is 0 Å². The molecule has 0 spiro atoms. The van der Waals surface area contributed by atoms with Crippen LogP contribution in [0.15, 0.2) is 36.7 Å². The van der Waals surface area contributed by atoms with E-state index in [1.807, 2.05) is 25.1 Å². The first kappa shape index (κ1) is 12.6. The monoisotopic (exact) mass is 267 g/mol. The quantitative estimate of drug-likeness (QED) is 0.789. The van der Waals surface area contributed by atoms with E-state index in [9.17, 15) is 0 Å². The van der Waals surface area contributed by atoms with Gasteiger partial charge < -0.3 is 5.32 Å². The predicted octanol–water partition coefficient (Wildman–Crippen LogP) is 2.61. The van der Waals surface area contributed by atoms with E-state index >= 15 is 0 Å². The van der Waals surface area contributed by atoms with Crippen LogP contribution in [0.1, 0.15) is 23.7 Å². The molecule has 0 amide bonds. The highest BCUT2D eigenvalue weighted by Gasteiger charge is 2.12. The minimum absolute atomic E-state index is 0.635. The third kappa shape index (κ3) is 2.22. The molecule has 3 aromatic rings. The summed E-state index contributed by atoms with van der Waals surface area (Å²) in [5.74, 6) is 1.62. The Morgan fingerprint density at radius 1 is 1.20 bits per heavy atom. The molecule has 0 aliphatic heterocycles. The zero-order valence-corrected chi connectivity index (χ0v) is 11.7. The van der Waals surface area contributed by atoms with Gasteiger partial charge >= 0.3 is 0 Å². The molecule has 2 heterocycles. The van der Waals surface area contributed by atoms with E-state index < -0.39 is 0 Å². The number of fused-ring (bicyclic) bond motifs is 1. The summed E-state index contributed by atoms with van der Waals surface area (Å²) < 4.78 is 1.77. The van der Waals surface area contributed by atoms with E-state index in [1.54, 1.807) is 4.52 Å². The predicted molar refractivity (Wildman–Crippen MR) is 78.7 cm³/mol. The fourth-order valence-corrected chi connectivity index (χ4v) is 2.37. The van der Waals surface area contributed by atoms with Crippen LogP contribution in [0.5, 0.6) is 0 Å². The van der Waals surface area contributed by atoms with Gasteiger partial charge in [-0.2, -0.15) is 14.6 Å². The average Bonchev–Trinajstić information content (AvgIpc) is 2.93. The molecule has 0 saturated carbocycles. The molecule has 3 rings (SSSR count). The van der Waals surface area contributed by atoms with Crippen LogP contribution < -0.4 is 5.32 Å². The first-order chi connectivity index (χ1) is 9.79. The summed E-state index contributed by atoms with van der Waals surface area (Å²) in [6.45, 7) is 4.90. The summed E-state index contributed by atoms with van der Waals surface area (Å²) in [6, 6.07) is 10.3. The van der Waals surface area contributed by atoms with Crippen molar-refractivity contribution in [3.05, 3.63) is 53.5 Å². The van der Waals surface area contributed by atoms with Crippen molar-refractivity contribution in [3.63, 3.8) is 0 Å². The van der Waals surface area contributed by atoms with E-state index in [0.29, 0.717) is 5.78 Å². The summed E-state index contributed by atoms with van der Waals surface area (Å²) >= 11 is 0. The molecule has 5 heteroatoms. The molecule has 0 saturated heterocycles. The lowest BCUT2D eigenvalue weighted by molar-refractivity contribution is 0.884. The molecular formula is C15H17N5. The molecule has 5 nitrogen and oxygen atoms in total. The Morgan fingerprint density at radius 2 is 2.00 bits per heavy atom. The van der Waals surface area contributed by atoms with Crippen molar-refractivity contribution in [3.8, 4) is 0 Å². The van der Waals surface area contributed by atoms with Crippen LogP contribution in [0.2, 0.25) is 0 Å². The number of benzene rings is 1. The van der Waals surface area contributed by atoms with E-state index in [4.69, 9.17) is 0 Å². The molecule has 2 aromatic heterocycles. The number of hydrogen-bond donors (Lipinski definition) is 1. The fraction of sp³-hybridized carbons (Fsp3) is 0.267. The summed E-state index contributed by atoms with van der Waals surface area (Å²) in [6.07, 6.45) is 2.45. The Labute approximate surface area is 117 Å². The highest BCUT2D eigenvalue weighted by Crippen LogP contribution is 2.20. The van der Waals surface area contributed by atoms with E-state index in [1.165, 1.54) is 17.5 Å². The number of nitrogens with zero attached hydrogens (tertiary/aromatic N) is 4. The summed E-state index contributed by atoms with van der Waals surface area (Å²) in [5.41, 5.74) is 3.42. The average molecular weight is 267 g/mol. The summed E-state index contributed by atoms with van der Waals surface area (Å²) in [5, 5.41) is 7.73. The molecule has 0 bridgehead atoms. The van der Waals surface area contributed by atoms with Gasteiger partial charge in [-0.25, -0.2) is 4.98 Å². The van der Waals surface area contributed by atoms with Crippen LogP contribution >= 0.6 is 0 Å². The highest BCUT2D eigenvalue weighted by atomic mass is 15.4. The molecule has 0 aliphatic carbocycles. The minimum Gasteiger partial charge on any atom is -0.366 e. The maximum atomic E-state index is 4.47. The molecule has 1 aromatic carbocycles. The molecular weight excluding hydrogens is 250 g/mol. The largest absolute Gasteiger partial charge is 0.366 e. The number of aryl methyl sites for hydroxylation is 1. The highest BCUT2D eigenvalue weighted by molar-refractivity contribution is 5.52. The molecule has 20 heavy (non-hydrogen) atoms. The summed E-state index contributed by atoms with van der Waals surface area (Å²) in [7, 11) is 0. The van der Waals surface area contributed by atoms with Gasteiger partial charge in [-0.15, -0.1) is 0 Å². The molecule has 0 fully saturated rings. The Kier molecular flexibility index (Phi) is 3.33. The normalized spacial score (nSPS) is 10.9. The Hall–Kier alpha value is -2.43. The van der Waals surface area contributed by atoms with Crippen molar-refractivity contribution in [2.45, 2.75) is 26.8 Å². The summed E-state index contributed by atoms with van der Waals surface area (Å²) in [4.78, 5) is 8.64. The lowest BCUT2D eigenvalue weighted by Gasteiger charge is -2.14. The van der Waals surface area contributed by atoms with Gasteiger partial charge in [0.25, 0.3) is 5.78 Å². The topological polar surface area (TPSA) is 55.1 Å². The second-order valence-corrected chi connectivity index (χ2v) is 4.69. The van der Waals surface area contributed by atoms with Crippen molar-refractivity contribution in [1.29, 1.82) is 0 Å². The fourth-order valence-electron chi connectivity index (χ4n) is 2.37. The zero-order valence-electron chi connectivity index (χ0n) is 11.7. The van der Waals surface area contributed by atoms with Gasteiger partial charge in [0, 0.05) is 17.8 Å². The van der Waals surface area contributed by atoms with Crippen LogP contribution in [0.3, 0.4) is 0 Å². The smallest absolute Gasteiger partial charge is 0.254 e. The maximum Gasteiger partial charge on any atom is 0.254 e. The number of anilines is 1. The third-order valence-electron chi connectivity index (χ3n) is 3.39. The molecule has 0 radical (unpaired) electrons. The molecule has 102 valence electrons. The van der Waals surface area contributed by atoms with Gasteiger partial charge in [0.15, 0.2) is 0 Å². The number of rotatable bonds is 4. The van der Waals surface area contributed by atoms with Gasteiger partial charge in [-0.3, -0.25) is 0 Å². The van der Waals surface area contributed by atoms with Crippen molar-refractivity contribution in [2.75, 3.05) is 5.32 Å². The van der Waals surface area contributed by atoms with E-state index in [-0.39, 0.29) is 0 Å². The van der Waals surface area contributed by atoms with Crippen LogP contribution in [0, 0.1) is 6.92 Å². The molecule has 1 N–H and O–H groups in total. The second kappa shape index (κ2) is 5.28. The van der Waals surface area contributed by atoms with Gasteiger partial charge in [0.05, 0.1) is 0 Å². The van der Waals surface area contributed by atoms with Gasteiger partial charge in [-0.1, -0.05) is 37.3 Å². The van der Waals surface area contributed by atoms with Crippen molar-refractivity contribution >= 4 is 11.6 Å². The number of nitrogens with one attached hydrogen (secondary N) is 1. The first-order valence-electron chi connectivity index (χ1n) is 6.76. The van der Waals surface area contributed by atoms with Gasteiger partial charge in [0.1, 0.15) is 12.1 Å². The van der Waals surface area contributed by atoms with E-state index in [2.05, 4.69) is 39.4 Å². The molecule has 0 aliphatic rings. The van der Waals surface area contributed by atoms with Crippen molar-refractivity contribution < 1.29 is 0 Å². The van der Waals surface area contributed by atoms with E-state index in [0.717, 1.165) is 24.5 Å². The lowest BCUT2D eigenvalue weighted by atomic mass is 10.1. The number of hydrogen-bond acceptors (Lipinski definition) is 4. The van der Waals surface area contributed by atoms with Crippen LogP contribution in [-0.4, -0.2) is 19.6 Å². The van der Waals surface area contributed by atoms with Gasteiger partial charge in [-0.05, 0) is 18.9 Å². The minimum atomic E-state index is 0.635. The molecule has 0 atom stereocenters. The number of aromatic nitrogens is 4. The Morgan fingerprint density at radius 3 is 2.75 bits per heavy atom. The SMILES string of the molecule is CCc1c(C)nc2ncnn2c1NCc1ccccc1. The Balaban J connectivity index is 1.99. The lowest BCUT2D eigenvalue weighted by Crippen LogP contribution is -2.11. The zero-order chi connectivity index (χ0) is 13.9. The maximum absolute atomic E-state index is 4.47. The Bertz CT molecular complexity index is 718. The van der Waals surface area contributed by atoms with Crippen LogP contribution in [0.4, 0.5) is 5.82 Å². The van der Waals surface area contributed by atoms with Crippen LogP contribution in [-0.2, 0) is 13.0 Å².